The lowest BCUT2D eigenvalue weighted by atomic mass is 10.1. The zero-order valence-corrected chi connectivity index (χ0v) is 15.5. The minimum atomic E-state index is -0.453. The molecule has 2 N–H and O–H groups in total. The standard InChI is InChI=1S/C17H25BrN2O3/c1-17(2,3)23-16(22)20-8-7-12(11-20)9-19-10-13-5-4-6-14(18)15(13)21/h4-6,12,19,21H,7-11H2,1-3H3. The first-order valence-corrected chi connectivity index (χ1v) is 8.70. The van der Waals surface area contributed by atoms with E-state index in [9.17, 15) is 9.90 Å². The van der Waals surface area contributed by atoms with Crippen LogP contribution >= 0.6 is 15.9 Å². The second-order valence-corrected chi connectivity index (χ2v) is 7.81. The summed E-state index contributed by atoms with van der Waals surface area (Å²) in [6.07, 6.45) is 0.737. The lowest BCUT2D eigenvalue weighted by Crippen LogP contribution is -2.36. The highest BCUT2D eigenvalue weighted by molar-refractivity contribution is 9.10. The number of likely N-dealkylation sites (tertiary alicyclic amines) is 1. The third-order valence-corrected chi connectivity index (χ3v) is 4.40. The average Bonchev–Trinajstić information content (AvgIpc) is 2.91. The fourth-order valence-corrected chi connectivity index (χ4v) is 3.01. The van der Waals surface area contributed by atoms with Crippen molar-refractivity contribution >= 4 is 22.0 Å². The van der Waals surface area contributed by atoms with Crippen molar-refractivity contribution in [2.45, 2.75) is 39.3 Å². The predicted octanol–water partition coefficient (Wildman–Crippen LogP) is 3.50. The molecule has 128 valence electrons. The maximum absolute atomic E-state index is 12.0. The summed E-state index contributed by atoms with van der Waals surface area (Å²) in [5.74, 6) is 0.693. The normalized spacial score (nSPS) is 18.3. The molecule has 1 aliphatic heterocycles. The number of aromatic hydroxyl groups is 1. The van der Waals surface area contributed by atoms with Crippen LogP contribution in [-0.2, 0) is 11.3 Å². The number of nitrogens with one attached hydrogen (secondary N) is 1. The molecular formula is C17H25BrN2O3. The quantitative estimate of drug-likeness (QED) is 0.833. The van der Waals surface area contributed by atoms with Crippen molar-refractivity contribution in [2.75, 3.05) is 19.6 Å². The van der Waals surface area contributed by atoms with Gasteiger partial charge >= 0.3 is 6.09 Å². The number of amides is 1. The summed E-state index contributed by atoms with van der Waals surface area (Å²) in [6, 6.07) is 5.61. The Morgan fingerprint density at radius 3 is 2.91 bits per heavy atom. The van der Waals surface area contributed by atoms with Crippen molar-refractivity contribution in [3.63, 3.8) is 0 Å². The number of phenols is 1. The van der Waals surface area contributed by atoms with Crippen LogP contribution in [-0.4, -0.2) is 41.3 Å². The highest BCUT2D eigenvalue weighted by Gasteiger charge is 2.29. The molecule has 23 heavy (non-hydrogen) atoms. The number of phenolic OH excluding ortho intramolecular Hbond substituents is 1. The molecule has 1 saturated heterocycles. The number of nitrogens with zero attached hydrogens (tertiary/aromatic N) is 1. The van der Waals surface area contributed by atoms with Crippen molar-refractivity contribution < 1.29 is 14.6 Å². The van der Waals surface area contributed by atoms with Gasteiger partial charge in [0.05, 0.1) is 4.47 Å². The highest BCUT2D eigenvalue weighted by Crippen LogP contribution is 2.27. The van der Waals surface area contributed by atoms with E-state index in [1.807, 2.05) is 39.0 Å². The number of benzene rings is 1. The van der Waals surface area contributed by atoms with Gasteiger partial charge in [-0.3, -0.25) is 0 Å². The van der Waals surface area contributed by atoms with Crippen LogP contribution in [0.4, 0.5) is 4.79 Å². The molecule has 1 amide bonds. The number of hydrogen-bond acceptors (Lipinski definition) is 4. The molecular weight excluding hydrogens is 360 g/mol. The van der Waals surface area contributed by atoms with E-state index >= 15 is 0 Å². The van der Waals surface area contributed by atoms with E-state index in [2.05, 4.69) is 21.2 Å². The number of hydrogen-bond donors (Lipinski definition) is 2. The van der Waals surface area contributed by atoms with Crippen LogP contribution in [0.2, 0.25) is 0 Å². The molecule has 1 fully saturated rings. The van der Waals surface area contributed by atoms with Gasteiger partial charge in [0, 0.05) is 31.7 Å². The highest BCUT2D eigenvalue weighted by atomic mass is 79.9. The van der Waals surface area contributed by atoms with Crippen molar-refractivity contribution in [2.24, 2.45) is 5.92 Å². The van der Waals surface area contributed by atoms with Gasteiger partial charge in [-0.2, -0.15) is 0 Å². The number of para-hydroxylation sites is 1. The van der Waals surface area contributed by atoms with Gasteiger partial charge in [0.1, 0.15) is 11.4 Å². The van der Waals surface area contributed by atoms with Crippen LogP contribution in [0, 0.1) is 5.92 Å². The van der Waals surface area contributed by atoms with Gasteiger partial charge in [0.2, 0.25) is 0 Å². The summed E-state index contributed by atoms with van der Waals surface area (Å²) in [6.45, 7) is 8.51. The topological polar surface area (TPSA) is 61.8 Å². The summed E-state index contributed by atoms with van der Waals surface area (Å²) < 4.78 is 6.10. The van der Waals surface area contributed by atoms with Gasteiger partial charge in [-0.15, -0.1) is 0 Å². The van der Waals surface area contributed by atoms with Gasteiger partial charge in [0.15, 0.2) is 0 Å². The number of ether oxygens (including phenoxy) is 1. The first kappa shape index (κ1) is 18.1. The molecule has 1 heterocycles. The first-order chi connectivity index (χ1) is 10.8. The molecule has 0 aromatic heterocycles. The zero-order chi connectivity index (χ0) is 17.0. The summed E-state index contributed by atoms with van der Waals surface area (Å²) in [5.41, 5.74) is 0.410. The van der Waals surface area contributed by atoms with Gasteiger partial charge in [-0.1, -0.05) is 12.1 Å². The predicted molar refractivity (Wildman–Crippen MR) is 93.4 cm³/mol. The Balaban J connectivity index is 1.76. The van der Waals surface area contributed by atoms with Crippen LogP contribution in [0.5, 0.6) is 5.75 Å². The summed E-state index contributed by atoms with van der Waals surface area (Å²) >= 11 is 3.32. The molecule has 0 bridgehead atoms. The minimum Gasteiger partial charge on any atom is -0.506 e. The third kappa shape index (κ3) is 5.39. The van der Waals surface area contributed by atoms with E-state index in [1.165, 1.54) is 0 Å². The Kier molecular flexibility index (Phi) is 5.92. The second kappa shape index (κ2) is 7.53. The molecule has 0 radical (unpaired) electrons. The number of carbonyl (C=O) groups is 1. The Hall–Kier alpha value is -1.27. The van der Waals surface area contributed by atoms with Crippen LogP contribution in [0.15, 0.2) is 22.7 Å². The summed E-state index contributed by atoms with van der Waals surface area (Å²) in [5, 5.41) is 13.3. The maximum atomic E-state index is 12.0. The van der Waals surface area contributed by atoms with Gasteiger partial charge in [0.25, 0.3) is 0 Å². The van der Waals surface area contributed by atoms with Crippen molar-refractivity contribution in [3.8, 4) is 5.75 Å². The monoisotopic (exact) mass is 384 g/mol. The van der Waals surface area contributed by atoms with Gasteiger partial charge < -0.3 is 20.1 Å². The molecule has 1 unspecified atom stereocenters. The summed E-state index contributed by atoms with van der Waals surface area (Å²) in [7, 11) is 0. The van der Waals surface area contributed by atoms with E-state index in [4.69, 9.17) is 4.74 Å². The summed E-state index contributed by atoms with van der Waals surface area (Å²) in [4.78, 5) is 13.8. The van der Waals surface area contributed by atoms with E-state index in [0.29, 0.717) is 23.5 Å². The van der Waals surface area contributed by atoms with Gasteiger partial charge in [-0.05, 0) is 55.1 Å². The molecule has 1 atom stereocenters. The Labute approximate surface area is 146 Å². The first-order valence-electron chi connectivity index (χ1n) is 7.91. The van der Waals surface area contributed by atoms with Gasteiger partial charge in [-0.25, -0.2) is 4.79 Å². The molecule has 5 nitrogen and oxygen atoms in total. The van der Waals surface area contributed by atoms with Crippen molar-refractivity contribution in [1.82, 2.24) is 10.2 Å². The molecule has 0 aliphatic carbocycles. The fourth-order valence-electron chi connectivity index (χ4n) is 2.61. The smallest absolute Gasteiger partial charge is 0.410 e. The van der Waals surface area contributed by atoms with E-state index in [1.54, 1.807) is 4.90 Å². The van der Waals surface area contributed by atoms with Crippen molar-refractivity contribution in [3.05, 3.63) is 28.2 Å². The van der Waals surface area contributed by atoms with Crippen molar-refractivity contribution in [1.29, 1.82) is 0 Å². The molecule has 1 aliphatic rings. The molecule has 0 spiro atoms. The molecule has 1 aromatic carbocycles. The van der Waals surface area contributed by atoms with Crippen LogP contribution in [0.25, 0.3) is 0 Å². The Bertz CT molecular complexity index is 557. The van der Waals surface area contributed by atoms with E-state index in [0.717, 1.165) is 25.1 Å². The minimum absolute atomic E-state index is 0.232. The van der Waals surface area contributed by atoms with E-state index < -0.39 is 5.60 Å². The van der Waals surface area contributed by atoms with Crippen LogP contribution < -0.4 is 5.32 Å². The van der Waals surface area contributed by atoms with Crippen LogP contribution in [0.3, 0.4) is 0 Å². The molecule has 1 aromatic rings. The molecule has 6 heteroatoms. The second-order valence-electron chi connectivity index (χ2n) is 6.96. The number of carbonyl (C=O) groups excluding carboxylic acids is 1. The van der Waals surface area contributed by atoms with Crippen LogP contribution in [0.1, 0.15) is 32.8 Å². The Morgan fingerprint density at radius 2 is 2.22 bits per heavy atom. The zero-order valence-electron chi connectivity index (χ0n) is 13.9. The SMILES string of the molecule is CC(C)(C)OC(=O)N1CCC(CNCc2cccc(Br)c2O)C1. The lowest BCUT2D eigenvalue weighted by molar-refractivity contribution is 0.0288. The average molecular weight is 385 g/mol. The third-order valence-electron chi connectivity index (χ3n) is 3.76. The molecule has 0 saturated carbocycles. The molecule has 2 rings (SSSR count). The fraction of sp³-hybridized carbons (Fsp3) is 0.588. The Morgan fingerprint density at radius 1 is 1.48 bits per heavy atom. The lowest BCUT2D eigenvalue weighted by Gasteiger charge is -2.24. The van der Waals surface area contributed by atoms with E-state index in [-0.39, 0.29) is 11.8 Å². The number of halogens is 1. The largest absolute Gasteiger partial charge is 0.506 e. The number of rotatable bonds is 4. The maximum Gasteiger partial charge on any atom is 0.410 e.